The van der Waals surface area contributed by atoms with E-state index in [2.05, 4.69) is 5.32 Å². The molecule has 1 fully saturated rings. The molecule has 0 aliphatic carbocycles. The van der Waals surface area contributed by atoms with Crippen molar-refractivity contribution in [2.24, 2.45) is 5.14 Å². The van der Waals surface area contributed by atoms with Crippen molar-refractivity contribution in [3.8, 4) is 0 Å². The molecule has 1 aliphatic rings. The summed E-state index contributed by atoms with van der Waals surface area (Å²) in [6.07, 6.45) is -0.147. The number of nitrogens with zero attached hydrogens (tertiary/aromatic N) is 3. The van der Waals surface area contributed by atoms with Crippen molar-refractivity contribution >= 4 is 50.7 Å². The maximum atomic E-state index is 13.6. The number of anilines is 2. The van der Waals surface area contributed by atoms with Crippen molar-refractivity contribution in [2.75, 3.05) is 16.8 Å². The number of non-ortho nitro benzene ring substituents is 1. The number of carbonyl (C=O) groups excluding carboxylic acids is 4. The third-order valence-corrected chi connectivity index (χ3v) is 7.33. The molecule has 1 unspecified atom stereocenters. The van der Waals surface area contributed by atoms with Crippen LogP contribution in [0.2, 0.25) is 0 Å². The Morgan fingerprint density at radius 1 is 1.07 bits per heavy atom. The van der Waals surface area contributed by atoms with Crippen LogP contribution >= 0.6 is 0 Å². The lowest BCUT2D eigenvalue weighted by molar-refractivity contribution is -0.384. The fourth-order valence-corrected chi connectivity index (χ4v) is 4.96. The number of nitrogens with two attached hydrogens (primary N) is 1. The number of benzene rings is 3. The first-order valence-corrected chi connectivity index (χ1v) is 13.8. The van der Waals surface area contributed by atoms with Crippen LogP contribution < -0.4 is 15.4 Å². The molecule has 0 saturated carbocycles. The average molecular weight is 580 g/mol. The minimum Gasteiger partial charge on any atom is -0.326 e. The molecule has 1 saturated heterocycles. The Bertz CT molecular complexity index is 1640. The van der Waals surface area contributed by atoms with E-state index in [0.29, 0.717) is 11.3 Å². The first-order valence-electron chi connectivity index (χ1n) is 12.3. The van der Waals surface area contributed by atoms with Crippen LogP contribution in [0.15, 0.2) is 77.7 Å². The van der Waals surface area contributed by atoms with E-state index in [1.807, 2.05) is 0 Å². The first kappa shape index (κ1) is 29.0. The van der Waals surface area contributed by atoms with Gasteiger partial charge in [0.2, 0.25) is 21.8 Å². The normalized spacial score (nSPS) is 15.1. The summed E-state index contributed by atoms with van der Waals surface area (Å²) in [5.41, 5.74) is 0.980. The highest BCUT2D eigenvalue weighted by Crippen LogP contribution is 2.28. The monoisotopic (exact) mass is 579 g/mol. The lowest BCUT2D eigenvalue weighted by atomic mass is 10.1. The number of amides is 4. The summed E-state index contributed by atoms with van der Waals surface area (Å²) in [4.78, 5) is 64.2. The van der Waals surface area contributed by atoms with Crippen molar-refractivity contribution in [1.82, 2.24) is 4.90 Å². The topological polar surface area (TPSA) is 190 Å². The molecule has 3 aromatic rings. The average Bonchev–Trinajstić information content (AvgIpc) is 3.22. The number of nitro groups is 1. The van der Waals surface area contributed by atoms with E-state index in [-0.39, 0.29) is 47.1 Å². The molecule has 212 valence electrons. The van der Waals surface area contributed by atoms with Crippen LogP contribution in [0.5, 0.6) is 0 Å². The van der Waals surface area contributed by atoms with Gasteiger partial charge in [-0.05, 0) is 54.4 Å². The molecule has 0 bridgehead atoms. The predicted octanol–water partition coefficient (Wildman–Crippen LogP) is 2.22. The fourth-order valence-electron chi connectivity index (χ4n) is 4.44. The Labute approximate surface area is 234 Å². The zero-order valence-corrected chi connectivity index (χ0v) is 22.5. The second-order valence-corrected chi connectivity index (χ2v) is 10.8. The molecule has 1 atom stereocenters. The Balaban J connectivity index is 1.63. The van der Waals surface area contributed by atoms with Gasteiger partial charge < -0.3 is 10.2 Å². The van der Waals surface area contributed by atoms with Gasteiger partial charge >= 0.3 is 0 Å². The van der Waals surface area contributed by atoms with Gasteiger partial charge in [-0.15, -0.1) is 0 Å². The number of hydrogen-bond donors (Lipinski definition) is 2. The molecule has 41 heavy (non-hydrogen) atoms. The number of imide groups is 1. The van der Waals surface area contributed by atoms with Gasteiger partial charge in [0, 0.05) is 36.9 Å². The van der Waals surface area contributed by atoms with Gasteiger partial charge in [0.1, 0.15) is 6.04 Å². The molecule has 4 rings (SSSR count). The third kappa shape index (κ3) is 6.62. The molecule has 0 spiro atoms. The van der Waals surface area contributed by atoms with Crippen LogP contribution in [-0.2, 0) is 30.8 Å². The Morgan fingerprint density at radius 3 is 2.32 bits per heavy atom. The maximum Gasteiger partial charge on any atom is 0.270 e. The molecule has 3 N–H and O–H groups in total. The molecule has 3 aromatic carbocycles. The van der Waals surface area contributed by atoms with Gasteiger partial charge in [0.15, 0.2) is 0 Å². The number of nitrogens with one attached hydrogen (secondary N) is 1. The summed E-state index contributed by atoms with van der Waals surface area (Å²) >= 11 is 0. The Kier molecular flexibility index (Phi) is 8.26. The van der Waals surface area contributed by atoms with Crippen molar-refractivity contribution < 1.29 is 32.5 Å². The largest absolute Gasteiger partial charge is 0.326 e. The molecule has 14 heteroatoms. The summed E-state index contributed by atoms with van der Waals surface area (Å²) in [7, 11) is -3.91. The van der Waals surface area contributed by atoms with Crippen LogP contribution in [-0.4, -0.2) is 54.5 Å². The van der Waals surface area contributed by atoms with Gasteiger partial charge in [-0.25, -0.2) is 18.5 Å². The van der Waals surface area contributed by atoms with Gasteiger partial charge in [0.25, 0.3) is 17.5 Å². The lowest BCUT2D eigenvalue weighted by Gasteiger charge is -2.28. The number of hydrogen-bond acceptors (Lipinski definition) is 8. The van der Waals surface area contributed by atoms with Crippen LogP contribution in [0.25, 0.3) is 0 Å². The van der Waals surface area contributed by atoms with Crippen molar-refractivity contribution in [3.63, 3.8) is 0 Å². The van der Waals surface area contributed by atoms with E-state index in [1.54, 1.807) is 0 Å². The number of sulfonamides is 1. The van der Waals surface area contributed by atoms with E-state index in [9.17, 15) is 37.7 Å². The molecule has 0 radical (unpaired) electrons. The zero-order chi connectivity index (χ0) is 29.9. The van der Waals surface area contributed by atoms with Crippen molar-refractivity contribution in [1.29, 1.82) is 0 Å². The second-order valence-electron chi connectivity index (χ2n) is 9.26. The molecule has 13 nitrogen and oxygen atoms in total. The quantitative estimate of drug-likeness (QED) is 0.219. The van der Waals surface area contributed by atoms with Gasteiger partial charge in [-0.2, -0.15) is 0 Å². The summed E-state index contributed by atoms with van der Waals surface area (Å²) in [6.45, 7) is 1.28. The first-order chi connectivity index (χ1) is 19.3. The van der Waals surface area contributed by atoms with Gasteiger partial charge in [-0.1, -0.05) is 18.2 Å². The summed E-state index contributed by atoms with van der Waals surface area (Å²) in [6, 6.07) is 15.5. The van der Waals surface area contributed by atoms with Crippen molar-refractivity contribution in [2.45, 2.75) is 30.7 Å². The smallest absolute Gasteiger partial charge is 0.270 e. The van der Waals surface area contributed by atoms with Crippen LogP contribution in [0.3, 0.4) is 0 Å². The second kappa shape index (κ2) is 11.7. The molecular formula is C27H25N5O8S. The summed E-state index contributed by atoms with van der Waals surface area (Å²) in [5.74, 6) is -2.20. The van der Waals surface area contributed by atoms with E-state index < -0.39 is 38.7 Å². The minimum absolute atomic E-state index is 0.0397. The third-order valence-electron chi connectivity index (χ3n) is 6.40. The highest BCUT2D eigenvalue weighted by molar-refractivity contribution is 7.89. The maximum absolute atomic E-state index is 13.6. The van der Waals surface area contributed by atoms with Crippen LogP contribution in [0, 0.1) is 10.1 Å². The standard InChI is InChI=1S/C27H25N5O8S/c1-17(33)29-20-7-9-21(10-8-20)31-25(34)16-24(27(31)36)30(26(35)19-3-2-4-22(15-19)32(37)38)14-13-18-5-11-23(12-6-18)41(28,39)40/h2-12,15,24H,13-14,16H2,1H3,(H,29,33)(H2,28,39,40). The van der Waals surface area contributed by atoms with Gasteiger partial charge in [0.05, 0.1) is 21.9 Å². The minimum atomic E-state index is -3.91. The van der Waals surface area contributed by atoms with Crippen LogP contribution in [0.1, 0.15) is 29.3 Å². The van der Waals surface area contributed by atoms with Crippen molar-refractivity contribution in [3.05, 3.63) is 94.0 Å². The summed E-state index contributed by atoms with van der Waals surface area (Å²) < 4.78 is 23.1. The predicted molar refractivity (Wildman–Crippen MR) is 147 cm³/mol. The van der Waals surface area contributed by atoms with E-state index in [4.69, 9.17) is 5.14 Å². The molecule has 1 aliphatic heterocycles. The van der Waals surface area contributed by atoms with E-state index in [1.165, 1.54) is 78.6 Å². The lowest BCUT2D eigenvalue weighted by Crippen LogP contribution is -2.46. The Hall–Kier alpha value is -4.95. The SMILES string of the molecule is CC(=O)Nc1ccc(N2C(=O)CC(N(CCc3ccc(S(N)(=O)=O)cc3)C(=O)c3cccc([N+](=O)[O-])c3)C2=O)cc1. The summed E-state index contributed by atoms with van der Waals surface area (Å²) in [5, 5.41) is 19.0. The number of rotatable bonds is 9. The highest BCUT2D eigenvalue weighted by atomic mass is 32.2. The molecule has 1 heterocycles. The van der Waals surface area contributed by atoms with E-state index >= 15 is 0 Å². The molecule has 0 aromatic heterocycles. The Morgan fingerprint density at radius 2 is 1.73 bits per heavy atom. The van der Waals surface area contributed by atoms with Gasteiger partial charge in [-0.3, -0.25) is 29.3 Å². The highest BCUT2D eigenvalue weighted by Gasteiger charge is 2.44. The molecule has 4 amide bonds. The number of primary sulfonamides is 1. The zero-order valence-electron chi connectivity index (χ0n) is 21.7. The fraction of sp³-hybridized carbons (Fsp3) is 0.185. The molecular weight excluding hydrogens is 554 g/mol. The number of nitro benzene ring substituents is 1. The van der Waals surface area contributed by atoms with E-state index in [0.717, 1.165) is 11.0 Å². The van der Waals surface area contributed by atoms with Crippen LogP contribution in [0.4, 0.5) is 17.1 Å². The number of carbonyl (C=O) groups is 4.